The van der Waals surface area contributed by atoms with Gasteiger partial charge in [-0.1, -0.05) is 49.3 Å². The zero-order chi connectivity index (χ0) is 16.8. The van der Waals surface area contributed by atoms with Crippen LogP contribution in [0.15, 0.2) is 36.5 Å². The molecule has 23 heavy (non-hydrogen) atoms. The lowest BCUT2D eigenvalue weighted by atomic mass is 9.90. The van der Waals surface area contributed by atoms with Gasteiger partial charge >= 0.3 is 0 Å². The first-order valence-corrected chi connectivity index (χ1v) is 9.28. The molecule has 1 aliphatic carbocycles. The molecule has 0 saturated heterocycles. The molecule has 0 radical (unpaired) electrons. The van der Waals surface area contributed by atoms with Crippen LogP contribution in [0.5, 0.6) is 0 Å². The fourth-order valence-corrected chi connectivity index (χ4v) is 3.02. The fraction of sp³-hybridized carbons (Fsp3) is 0.700. The second kappa shape index (κ2) is 13.5. The Balaban J connectivity index is 2.23. The van der Waals surface area contributed by atoms with Crippen molar-refractivity contribution < 1.29 is 10.2 Å². The minimum Gasteiger partial charge on any atom is -0.396 e. The predicted molar refractivity (Wildman–Crippen MR) is 98.1 cm³/mol. The van der Waals surface area contributed by atoms with E-state index in [0.29, 0.717) is 12.5 Å². The second-order valence-electron chi connectivity index (χ2n) is 6.46. The van der Waals surface area contributed by atoms with Crippen LogP contribution < -0.4 is 5.73 Å². The lowest BCUT2D eigenvalue weighted by Crippen LogP contribution is -2.18. The van der Waals surface area contributed by atoms with Gasteiger partial charge in [0.25, 0.3) is 0 Å². The monoisotopic (exact) mass is 321 g/mol. The van der Waals surface area contributed by atoms with Crippen molar-refractivity contribution in [2.45, 2.75) is 63.9 Å². The van der Waals surface area contributed by atoms with E-state index in [4.69, 9.17) is 10.8 Å². The number of aliphatic hydroxyl groups excluding tert-OH is 2. The molecular formula is C20H35NO2. The van der Waals surface area contributed by atoms with Crippen LogP contribution in [-0.2, 0) is 0 Å². The van der Waals surface area contributed by atoms with Crippen molar-refractivity contribution in [2.24, 2.45) is 17.6 Å². The Morgan fingerprint density at radius 3 is 2.39 bits per heavy atom. The van der Waals surface area contributed by atoms with Crippen LogP contribution in [0.25, 0.3) is 0 Å². The first kappa shape index (κ1) is 20.1. The van der Waals surface area contributed by atoms with Gasteiger partial charge in [0.05, 0.1) is 6.10 Å². The molecule has 4 N–H and O–H groups in total. The van der Waals surface area contributed by atoms with E-state index < -0.39 is 0 Å². The number of hydrogen-bond donors (Lipinski definition) is 3. The second-order valence-corrected chi connectivity index (χ2v) is 6.46. The molecule has 3 nitrogen and oxygen atoms in total. The lowest BCUT2D eigenvalue weighted by molar-refractivity contribution is 0.153. The highest BCUT2D eigenvalue weighted by molar-refractivity contribution is 5.15. The Labute approximate surface area is 142 Å². The molecule has 0 bridgehead atoms. The van der Waals surface area contributed by atoms with E-state index in [1.165, 1.54) is 12.8 Å². The molecule has 0 aromatic carbocycles. The standard InChI is InChI=1S/C20H35NO2/c21-16-10-6-3-5-9-13-19-18(14-15-20(19)23)12-8-4-1-2-7-11-17-22/h5,8-9,12,14-15,18-20,22-23H,1-4,6-7,10-11,13,16-17,21H2/t18-,19+,20-/m1/s1. The zero-order valence-corrected chi connectivity index (χ0v) is 14.4. The summed E-state index contributed by atoms with van der Waals surface area (Å²) in [7, 11) is 0. The zero-order valence-electron chi connectivity index (χ0n) is 14.4. The molecular weight excluding hydrogens is 286 g/mol. The number of hydrogen-bond acceptors (Lipinski definition) is 3. The molecule has 132 valence electrons. The van der Waals surface area contributed by atoms with Gasteiger partial charge in [-0.05, 0) is 51.5 Å². The van der Waals surface area contributed by atoms with E-state index in [1.54, 1.807) is 0 Å². The van der Waals surface area contributed by atoms with Gasteiger partial charge in [-0.15, -0.1) is 0 Å². The number of unbranched alkanes of at least 4 members (excludes halogenated alkanes) is 6. The average molecular weight is 322 g/mol. The van der Waals surface area contributed by atoms with Gasteiger partial charge in [-0.2, -0.15) is 0 Å². The van der Waals surface area contributed by atoms with Crippen LogP contribution in [0.4, 0.5) is 0 Å². The molecule has 3 heteroatoms. The molecule has 0 heterocycles. The summed E-state index contributed by atoms with van der Waals surface area (Å²) in [6.45, 7) is 1.08. The van der Waals surface area contributed by atoms with Crippen LogP contribution in [0.3, 0.4) is 0 Å². The Morgan fingerprint density at radius 1 is 0.870 bits per heavy atom. The first-order valence-electron chi connectivity index (χ1n) is 9.28. The number of aliphatic hydroxyl groups is 2. The van der Waals surface area contributed by atoms with Crippen LogP contribution in [0.2, 0.25) is 0 Å². The van der Waals surface area contributed by atoms with Crippen LogP contribution >= 0.6 is 0 Å². The van der Waals surface area contributed by atoms with Crippen LogP contribution in [0, 0.1) is 11.8 Å². The molecule has 1 aliphatic rings. The fourth-order valence-electron chi connectivity index (χ4n) is 3.02. The summed E-state index contributed by atoms with van der Waals surface area (Å²) in [5.41, 5.74) is 5.49. The molecule has 0 saturated carbocycles. The largest absolute Gasteiger partial charge is 0.396 e. The topological polar surface area (TPSA) is 66.5 Å². The average Bonchev–Trinajstić information content (AvgIpc) is 2.90. The summed E-state index contributed by atoms with van der Waals surface area (Å²) in [5, 5.41) is 18.8. The van der Waals surface area contributed by atoms with Crippen molar-refractivity contribution in [3.05, 3.63) is 36.5 Å². The van der Waals surface area contributed by atoms with Crippen molar-refractivity contribution in [1.29, 1.82) is 0 Å². The third-order valence-electron chi connectivity index (χ3n) is 4.50. The Kier molecular flexibility index (Phi) is 11.9. The van der Waals surface area contributed by atoms with E-state index in [2.05, 4.69) is 30.4 Å². The molecule has 0 aliphatic heterocycles. The van der Waals surface area contributed by atoms with Gasteiger partial charge in [0, 0.05) is 18.4 Å². The number of nitrogens with two attached hydrogens (primary N) is 1. The highest BCUT2D eigenvalue weighted by Crippen LogP contribution is 2.30. The normalized spacial score (nSPS) is 24.4. The predicted octanol–water partition coefficient (Wildman–Crippen LogP) is 3.72. The van der Waals surface area contributed by atoms with Gasteiger partial charge in [0.2, 0.25) is 0 Å². The highest BCUT2D eigenvalue weighted by atomic mass is 16.3. The van der Waals surface area contributed by atoms with Gasteiger partial charge in [-0.3, -0.25) is 0 Å². The molecule has 0 amide bonds. The molecule has 0 aromatic rings. The van der Waals surface area contributed by atoms with Crippen molar-refractivity contribution >= 4 is 0 Å². The summed E-state index contributed by atoms with van der Waals surface area (Å²) in [4.78, 5) is 0. The van der Waals surface area contributed by atoms with Crippen molar-refractivity contribution in [2.75, 3.05) is 13.2 Å². The summed E-state index contributed by atoms with van der Waals surface area (Å²) in [6, 6.07) is 0. The quantitative estimate of drug-likeness (QED) is 0.358. The molecule has 3 atom stereocenters. The maximum Gasteiger partial charge on any atom is 0.0760 e. The van der Waals surface area contributed by atoms with E-state index in [9.17, 15) is 5.11 Å². The lowest BCUT2D eigenvalue weighted by Gasteiger charge is -2.18. The summed E-state index contributed by atoms with van der Waals surface area (Å²) < 4.78 is 0. The number of rotatable bonds is 13. The Morgan fingerprint density at radius 2 is 1.61 bits per heavy atom. The minimum atomic E-state index is -0.317. The minimum absolute atomic E-state index is 0.284. The maximum atomic E-state index is 10.1. The first-order chi connectivity index (χ1) is 11.3. The van der Waals surface area contributed by atoms with Crippen LogP contribution in [-0.4, -0.2) is 29.5 Å². The third-order valence-corrected chi connectivity index (χ3v) is 4.50. The summed E-state index contributed by atoms with van der Waals surface area (Å²) in [6.07, 6.45) is 22.4. The Hall–Kier alpha value is -0.900. The maximum absolute atomic E-state index is 10.1. The van der Waals surface area contributed by atoms with E-state index >= 15 is 0 Å². The van der Waals surface area contributed by atoms with Gasteiger partial charge < -0.3 is 15.9 Å². The van der Waals surface area contributed by atoms with E-state index in [1.807, 2.05) is 6.08 Å². The SMILES string of the molecule is NCCCCC=CC[C@H]1[C@H](C=CCCCCCCO)C=C[C@H]1O. The molecule has 0 spiro atoms. The van der Waals surface area contributed by atoms with Crippen molar-refractivity contribution in [3.63, 3.8) is 0 Å². The van der Waals surface area contributed by atoms with Gasteiger partial charge in [0.15, 0.2) is 0 Å². The smallest absolute Gasteiger partial charge is 0.0760 e. The third kappa shape index (κ3) is 9.09. The molecule has 1 rings (SSSR count). The van der Waals surface area contributed by atoms with Gasteiger partial charge in [0.1, 0.15) is 0 Å². The summed E-state index contributed by atoms with van der Waals surface area (Å²) in [5.74, 6) is 0.641. The number of allylic oxidation sites excluding steroid dienone is 5. The van der Waals surface area contributed by atoms with Crippen LogP contribution in [0.1, 0.15) is 57.8 Å². The van der Waals surface area contributed by atoms with E-state index in [-0.39, 0.29) is 12.0 Å². The van der Waals surface area contributed by atoms with E-state index in [0.717, 1.165) is 51.5 Å². The molecule has 0 unspecified atom stereocenters. The van der Waals surface area contributed by atoms with Crippen molar-refractivity contribution in [1.82, 2.24) is 0 Å². The molecule has 0 fully saturated rings. The molecule has 0 aromatic heterocycles. The van der Waals surface area contributed by atoms with Crippen molar-refractivity contribution in [3.8, 4) is 0 Å². The van der Waals surface area contributed by atoms with Gasteiger partial charge in [-0.25, -0.2) is 0 Å². The summed E-state index contributed by atoms with van der Waals surface area (Å²) >= 11 is 0. The Bertz CT molecular complexity index is 363. The highest BCUT2D eigenvalue weighted by Gasteiger charge is 2.27.